The summed E-state index contributed by atoms with van der Waals surface area (Å²) in [4.78, 5) is 13.4. The van der Waals surface area contributed by atoms with Crippen LogP contribution in [0.5, 0.6) is 11.5 Å². The summed E-state index contributed by atoms with van der Waals surface area (Å²) < 4.78 is 10.6. The lowest BCUT2D eigenvalue weighted by Crippen LogP contribution is -2.35. The molecule has 0 heterocycles. The number of carbonyl (C=O) groups is 1. The molecule has 0 aromatic heterocycles. The Balaban J connectivity index is 1.81. The van der Waals surface area contributed by atoms with Gasteiger partial charge in [0.1, 0.15) is 11.5 Å². The summed E-state index contributed by atoms with van der Waals surface area (Å²) in [7, 11) is 3.32. The highest BCUT2D eigenvalue weighted by molar-refractivity contribution is 6.04. The van der Waals surface area contributed by atoms with Crippen molar-refractivity contribution in [1.29, 1.82) is 0 Å². The van der Waals surface area contributed by atoms with Gasteiger partial charge in [0, 0.05) is 5.56 Å². The molecule has 2 aliphatic carbocycles. The van der Waals surface area contributed by atoms with Gasteiger partial charge in [-0.05, 0) is 60.1 Å². The maximum Gasteiger partial charge on any atom is 0.171 e. The van der Waals surface area contributed by atoms with Crippen LogP contribution in [0.4, 0.5) is 0 Å². The van der Waals surface area contributed by atoms with Gasteiger partial charge in [-0.1, -0.05) is 31.0 Å². The lowest BCUT2D eigenvalue weighted by molar-refractivity contribution is 0.0873. The molecular formula is C22H24O3. The van der Waals surface area contributed by atoms with Crippen molar-refractivity contribution in [2.24, 2.45) is 5.92 Å². The smallest absolute Gasteiger partial charge is 0.171 e. The maximum absolute atomic E-state index is 13.4. The molecule has 1 saturated carbocycles. The van der Waals surface area contributed by atoms with Gasteiger partial charge < -0.3 is 9.47 Å². The minimum Gasteiger partial charge on any atom is -0.497 e. The minimum atomic E-state index is -0.0594. The van der Waals surface area contributed by atoms with Crippen molar-refractivity contribution in [3.8, 4) is 11.5 Å². The van der Waals surface area contributed by atoms with E-state index in [1.807, 2.05) is 24.3 Å². The average molecular weight is 336 g/mol. The first-order chi connectivity index (χ1) is 12.2. The fourth-order valence-corrected chi connectivity index (χ4v) is 4.72. The molecule has 0 radical (unpaired) electrons. The highest BCUT2D eigenvalue weighted by atomic mass is 16.5. The van der Waals surface area contributed by atoms with E-state index < -0.39 is 0 Å². The van der Waals surface area contributed by atoms with Crippen LogP contribution in [-0.2, 0) is 0 Å². The highest BCUT2D eigenvalue weighted by Crippen LogP contribution is 2.51. The molecule has 0 amide bonds. The number of carbonyl (C=O) groups excluding carboxylic acids is 1. The predicted octanol–water partition coefficient (Wildman–Crippen LogP) is 4.96. The van der Waals surface area contributed by atoms with E-state index in [-0.39, 0.29) is 11.7 Å². The topological polar surface area (TPSA) is 35.5 Å². The Morgan fingerprint density at radius 3 is 2.28 bits per heavy atom. The minimum absolute atomic E-state index is 0.0594. The van der Waals surface area contributed by atoms with Crippen molar-refractivity contribution < 1.29 is 14.3 Å². The molecule has 0 bridgehead atoms. The van der Waals surface area contributed by atoms with E-state index in [4.69, 9.17) is 9.47 Å². The number of ketones is 1. The molecule has 3 heteroatoms. The van der Waals surface area contributed by atoms with Crippen LogP contribution in [0.25, 0.3) is 0 Å². The Morgan fingerprint density at radius 2 is 1.56 bits per heavy atom. The first kappa shape index (κ1) is 16.2. The van der Waals surface area contributed by atoms with E-state index in [2.05, 4.69) is 18.2 Å². The Labute approximate surface area is 149 Å². The monoisotopic (exact) mass is 336 g/mol. The summed E-state index contributed by atoms with van der Waals surface area (Å²) in [5.41, 5.74) is 3.18. The van der Waals surface area contributed by atoms with Gasteiger partial charge in [0.2, 0.25) is 0 Å². The van der Waals surface area contributed by atoms with Gasteiger partial charge in [0.25, 0.3) is 0 Å². The van der Waals surface area contributed by atoms with Crippen LogP contribution in [0.2, 0.25) is 0 Å². The van der Waals surface area contributed by atoms with Crippen molar-refractivity contribution in [2.75, 3.05) is 14.2 Å². The quantitative estimate of drug-likeness (QED) is 0.795. The standard InChI is InChI=1S/C22H24O3/c1-24-15-9-7-14(8-10-15)21-19-6-4-3-5-17(19)18-12-11-16(25-2)13-20(18)22(21)23/h7-13,17,19,21H,3-6H2,1-2H3. The van der Waals surface area contributed by atoms with E-state index >= 15 is 0 Å². The van der Waals surface area contributed by atoms with Gasteiger partial charge >= 0.3 is 0 Å². The number of hydrogen-bond donors (Lipinski definition) is 0. The molecule has 25 heavy (non-hydrogen) atoms. The second kappa shape index (κ2) is 6.55. The van der Waals surface area contributed by atoms with Crippen LogP contribution in [0, 0.1) is 5.92 Å². The van der Waals surface area contributed by atoms with Crippen molar-refractivity contribution in [3.63, 3.8) is 0 Å². The molecule has 2 aromatic rings. The lowest BCUT2D eigenvalue weighted by Gasteiger charge is -2.42. The third-order valence-electron chi connectivity index (χ3n) is 5.93. The molecule has 2 aromatic carbocycles. The molecule has 3 nitrogen and oxygen atoms in total. The molecule has 4 rings (SSSR count). The number of benzene rings is 2. The third-order valence-corrected chi connectivity index (χ3v) is 5.93. The van der Waals surface area contributed by atoms with Crippen molar-refractivity contribution in [2.45, 2.75) is 37.5 Å². The summed E-state index contributed by atoms with van der Waals surface area (Å²) in [5, 5.41) is 0. The van der Waals surface area contributed by atoms with Gasteiger partial charge in [-0.2, -0.15) is 0 Å². The molecule has 3 atom stereocenters. The number of rotatable bonds is 3. The van der Waals surface area contributed by atoms with E-state index in [0.717, 1.165) is 29.0 Å². The van der Waals surface area contributed by atoms with E-state index in [1.165, 1.54) is 24.8 Å². The molecule has 0 spiro atoms. The highest BCUT2D eigenvalue weighted by Gasteiger charge is 2.43. The number of ether oxygens (including phenoxy) is 2. The first-order valence-corrected chi connectivity index (χ1v) is 9.09. The van der Waals surface area contributed by atoms with Crippen LogP contribution in [0.3, 0.4) is 0 Å². The molecule has 0 saturated heterocycles. The summed E-state index contributed by atoms with van der Waals surface area (Å²) in [6, 6.07) is 14.1. The molecule has 1 fully saturated rings. The Bertz CT molecular complexity index is 778. The van der Waals surface area contributed by atoms with Crippen LogP contribution >= 0.6 is 0 Å². The van der Waals surface area contributed by atoms with Gasteiger partial charge in [0.15, 0.2) is 5.78 Å². The van der Waals surface area contributed by atoms with E-state index in [0.29, 0.717) is 11.8 Å². The zero-order chi connectivity index (χ0) is 17.4. The van der Waals surface area contributed by atoms with Crippen LogP contribution < -0.4 is 9.47 Å². The maximum atomic E-state index is 13.4. The van der Waals surface area contributed by atoms with Crippen LogP contribution in [0.15, 0.2) is 42.5 Å². The molecule has 2 aliphatic rings. The Kier molecular flexibility index (Phi) is 4.24. The van der Waals surface area contributed by atoms with Crippen molar-refractivity contribution in [3.05, 3.63) is 59.2 Å². The third kappa shape index (κ3) is 2.72. The Hall–Kier alpha value is -2.29. The summed E-state index contributed by atoms with van der Waals surface area (Å²) in [6.45, 7) is 0. The first-order valence-electron chi connectivity index (χ1n) is 9.09. The molecule has 0 N–H and O–H groups in total. The largest absolute Gasteiger partial charge is 0.497 e. The number of hydrogen-bond acceptors (Lipinski definition) is 3. The average Bonchev–Trinajstić information content (AvgIpc) is 2.68. The zero-order valence-electron chi connectivity index (χ0n) is 14.8. The van der Waals surface area contributed by atoms with Gasteiger partial charge in [-0.25, -0.2) is 0 Å². The van der Waals surface area contributed by atoms with Gasteiger partial charge in [-0.3, -0.25) is 4.79 Å². The summed E-state index contributed by atoms with van der Waals surface area (Å²) >= 11 is 0. The van der Waals surface area contributed by atoms with Crippen molar-refractivity contribution >= 4 is 5.78 Å². The molecular weight excluding hydrogens is 312 g/mol. The molecule has 0 aliphatic heterocycles. The second-order valence-corrected chi connectivity index (χ2v) is 7.12. The normalized spacial score (nSPS) is 25.0. The predicted molar refractivity (Wildman–Crippen MR) is 97.8 cm³/mol. The fourth-order valence-electron chi connectivity index (χ4n) is 4.72. The summed E-state index contributed by atoms with van der Waals surface area (Å²) in [6.07, 6.45) is 4.76. The molecule has 130 valence electrons. The number of fused-ring (bicyclic) bond motifs is 3. The van der Waals surface area contributed by atoms with Crippen LogP contribution in [-0.4, -0.2) is 20.0 Å². The Morgan fingerprint density at radius 1 is 0.880 bits per heavy atom. The zero-order valence-corrected chi connectivity index (χ0v) is 14.8. The van der Waals surface area contributed by atoms with Gasteiger partial charge in [0.05, 0.1) is 20.1 Å². The number of Topliss-reactive ketones (excluding diaryl/α,β-unsaturated/α-hetero) is 1. The van der Waals surface area contributed by atoms with Gasteiger partial charge in [-0.15, -0.1) is 0 Å². The van der Waals surface area contributed by atoms with E-state index in [9.17, 15) is 4.79 Å². The number of methoxy groups -OCH3 is 2. The lowest BCUT2D eigenvalue weighted by atomic mass is 9.61. The van der Waals surface area contributed by atoms with Crippen molar-refractivity contribution in [1.82, 2.24) is 0 Å². The van der Waals surface area contributed by atoms with Crippen LogP contribution in [0.1, 0.15) is 59.0 Å². The fraction of sp³-hybridized carbons (Fsp3) is 0.409. The molecule has 3 unspecified atom stereocenters. The van der Waals surface area contributed by atoms with E-state index in [1.54, 1.807) is 14.2 Å². The summed E-state index contributed by atoms with van der Waals surface area (Å²) in [5.74, 6) is 2.64. The second-order valence-electron chi connectivity index (χ2n) is 7.12. The SMILES string of the molecule is COc1ccc(C2C(=O)c3cc(OC)ccc3C3CCCCC32)cc1.